The molecule has 0 aliphatic carbocycles. The Bertz CT molecular complexity index is 246. The first-order chi connectivity index (χ1) is 4.74. The minimum absolute atomic E-state index is 0. The zero-order valence-corrected chi connectivity index (χ0v) is 10.5. The van der Waals surface area contributed by atoms with E-state index >= 15 is 0 Å². The summed E-state index contributed by atoms with van der Waals surface area (Å²) in [7, 11) is 0. The number of hydrogen-bond acceptors (Lipinski definition) is 1. The van der Waals surface area contributed by atoms with Crippen LogP contribution in [-0.4, -0.2) is 29.3 Å². The molecule has 0 unspecified atom stereocenters. The summed E-state index contributed by atoms with van der Waals surface area (Å²) in [5.41, 5.74) is 1.34. The number of rotatable bonds is 1. The molecule has 1 rings (SSSR count). The molecule has 1 aromatic carbocycles. The third-order valence-corrected chi connectivity index (χ3v) is 2.75. The Morgan fingerprint density at radius 3 is 2.55 bits per heavy atom. The van der Waals surface area contributed by atoms with Gasteiger partial charge < -0.3 is 2.85 Å². The number of benzene rings is 1. The molecule has 0 saturated heterocycles. The Morgan fingerprint density at radius 2 is 2.09 bits per heavy atom. The second kappa shape index (κ2) is 5.46. The summed E-state index contributed by atoms with van der Waals surface area (Å²) in [6.45, 7) is 2.12. The number of halogens is 1. The maximum atomic E-state index is 3.42. The molecular formula is C8H11BrMgS. The topological polar surface area (TPSA) is 0 Å². The Balaban J connectivity index is -0.000000333. The Kier molecular flexibility index (Phi) is 5.87. The summed E-state index contributed by atoms with van der Waals surface area (Å²) >= 11 is 5.20. The van der Waals surface area contributed by atoms with Crippen molar-refractivity contribution in [2.45, 2.75) is 11.8 Å². The van der Waals surface area contributed by atoms with Crippen LogP contribution in [0.3, 0.4) is 0 Å². The maximum absolute atomic E-state index is 3.42. The fourth-order valence-electron chi connectivity index (χ4n) is 0.842. The van der Waals surface area contributed by atoms with Crippen LogP contribution in [0.5, 0.6) is 0 Å². The van der Waals surface area contributed by atoms with Crippen LogP contribution in [0.1, 0.15) is 8.42 Å². The summed E-state index contributed by atoms with van der Waals surface area (Å²) in [6.07, 6.45) is 2.09. The summed E-state index contributed by atoms with van der Waals surface area (Å²) < 4.78 is 1.16. The van der Waals surface area contributed by atoms with Crippen molar-refractivity contribution in [3.63, 3.8) is 0 Å². The van der Waals surface area contributed by atoms with Crippen LogP contribution in [-0.2, 0) is 0 Å². The van der Waals surface area contributed by atoms with Gasteiger partial charge in [-0.2, -0.15) is 0 Å². The smallest absolute Gasteiger partial charge is 1.00 e. The van der Waals surface area contributed by atoms with Crippen molar-refractivity contribution in [1.29, 1.82) is 0 Å². The fourth-order valence-corrected chi connectivity index (χ4v) is 1.90. The van der Waals surface area contributed by atoms with Gasteiger partial charge in [0.25, 0.3) is 0 Å². The largest absolute Gasteiger partial charge is 2.00 e. The van der Waals surface area contributed by atoms with Gasteiger partial charge in [0.1, 0.15) is 0 Å². The van der Waals surface area contributed by atoms with Crippen molar-refractivity contribution in [3.8, 4) is 0 Å². The molecule has 0 aliphatic heterocycles. The van der Waals surface area contributed by atoms with E-state index in [1.807, 2.05) is 0 Å². The number of aryl methyl sites for hydroxylation is 1. The molecule has 0 N–H and O–H groups in total. The predicted octanol–water partition coefficient (Wildman–Crippen LogP) is 3.32. The molecule has 0 aliphatic rings. The average molecular weight is 243 g/mol. The van der Waals surface area contributed by atoms with Gasteiger partial charge in [0.15, 0.2) is 0 Å². The van der Waals surface area contributed by atoms with Crippen LogP contribution in [0.2, 0.25) is 0 Å². The molecule has 0 amide bonds. The van der Waals surface area contributed by atoms with E-state index in [2.05, 4.69) is 47.3 Å². The van der Waals surface area contributed by atoms with Gasteiger partial charge in [0.2, 0.25) is 0 Å². The van der Waals surface area contributed by atoms with Gasteiger partial charge >= 0.3 is 23.1 Å². The van der Waals surface area contributed by atoms with Crippen molar-refractivity contribution in [1.82, 2.24) is 0 Å². The molecule has 0 saturated carbocycles. The van der Waals surface area contributed by atoms with Crippen molar-refractivity contribution in [3.05, 3.63) is 28.2 Å². The van der Waals surface area contributed by atoms with E-state index in [-0.39, 0.29) is 25.9 Å². The molecule has 0 fully saturated rings. The van der Waals surface area contributed by atoms with Gasteiger partial charge in [-0.15, -0.1) is 11.8 Å². The minimum atomic E-state index is 0. The first-order valence-corrected chi connectivity index (χ1v) is 5.06. The molecule has 0 atom stereocenters. The van der Waals surface area contributed by atoms with Gasteiger partial charge in [-0.05, 0) is 36.9 Å². The van der Waals surface area contributed by atoms with Crippen LogP contribution in [0.25, 0.3) is 0 Å². The molecule has 58 valence electrons. The maximum Gasteiger partial charge on any atom is 2.00 e. The third kappa shape index (κ3) is 3.36. The Morgan fingerprint density at radius 1 is 1.45 bits per heavy atom. The van der Waals surface area contributed by atoms with Crippen LogP contribution in [0.4, 0.5) is 0 Å². The van der Waals surface area contributed by atoms with E-state index in [0.717, 1.165) is 4.47 Å². The van der Waals surface area contributed by atoms with Gasteiger partial charge in [-0.1, -0.05) is 15.9 Å². The molecule has 0 heterocycles. The summed E-state index contributed by atoms with van der Waals surface area (Å²) in [4.78, 5) is 1.35. The molecule has 0 aromatic heterocycles. The molecule has 0 nitrogen and oxygen atoms in total. The molecular weight excluding hydrogens is 232 g/mol. The summed E-state index contributed by atoms with van der Waals surface area (Å²) in [5.74, 6) is 0. The van der Waals surface area contributed by atoms with E-state index in [1.54, 1.807) is 11.8 Å². The number of thioether (sulfide) groups is 1. The zero-order valence-electron chi connectivity index (χ0n) is 8.73. The van der Waals surface area contributed by atoms with Gasteiger partial charge in [0, 0.05) is 9.37 Å². The summed E-state index contributed by atoms with van der Waals surface area (Å²) in [5, 5.41) is 0. The fraction of sp³-hybridized carbons (Fsp3) is 0.250. The average Bonchev–Trinajstić information content (AvgIpc) is 1.88. The Hall–Kier alpha value is 0.816. The van der Waals surface area contributed by atoms with Crippen LogP contribution >= 0.6 is 27.7 Å². The summed E-state index contributed by atoms with van der Waals surface area (Å²) in [6, 6.07) is 6.33. The van der Waals surface area contributed by atoms with Gasteiger partial charge in [0.05, 0.1) is 0 Å². The van der Waals surface area contributed by atoms with Crippen molar-refractivity contribution in [2.75, 3.05) is 6.26 Å². The van der Waals surface area contributed by atoms with E-state index in [1.165, 1.54) is 10.5 Å². The molecule has 11 heavy (non-hydrogen) atoms. The van der Waals surface area contributed by atoms with Crippen molar-refractivity contribution in [2.24, 2.45) is 0 Å². The molecule has 0 spiro atoms. The monoisotopic (exact) mass is 242 g/mol. The van der Waals surface area contributed by atoms with Gasteiger partial charge in [-0.3, -0.25) is 0 Å². The first-order valence-electron chi connectivity index (χ1n) is 3.04. The van der Waals surface area contributed by atoms with Crippen LogP contribution < -0.4 is 0 Å². The molecule has 3 heteroatoms. The minimum Gasteiger partial charge on any atom is -1.00 e. The van der Waals surface area contributed by atoms with Crippen molar-refractivity contribution >= 4 is 50.7 Å². The second-order valence-corrected chi connectivity index (χ2v) is 3.88. The first kappa shape index (κ1) is 11.8. The predicted molar refractivity (Wildman–Crippen MR) is 58.6 cm³/mol. The standard InChI is InChI=1S/C8H9BrS.Mg.2H/c1-6-5-7(9)3-4-8(6)10-2;;;/h3-5H,1-2H3;;;/q;+2;2*-1. The molecule has 1 aromatic rings. The van der Waals surface area contributed by atoms with E-state index in [4.69, 9.17) is 0 Å². The van der Waals surface area contributed by atoms with Gasteiger partial charge in [-0.25, -0.2) is 0 Å². The quantitative estimate of drug-likeness (QED) is 0.538. The van der Waals surface area contributed by atoms with Crippen LogP contribution in [0, 0.1) is 6.92 Å². The van der Waals surface area contributed by atoms with Crippen molar-refractivity contribution < 1.29 is 2.85 Å². The molecule has 0 radical (unpaired) electrons. The third-order valence-electron chi connectivity index (χ3n) is 1.36. The van der Waals surface area contributed by atoms with E-state index < -0.39 is 0 Å². The Labute approximate surface area is 99.4 Å². The molecule has 0 bridgehead atoms. The second-order valence-electron chi connectivity index (χ2n) is 2.11. The SMILES string of the molecule is CSc1ccc(Br)cc1C.[H-].[H-].[Mg+2]. The van der Waals surface area contributed by atoms with E-state index in [9.17, 15) is 0 Å². The normalized spacial score (nSPS) is 9.00. The van der Waals surface area contributed by atoms with Crippen LogP contribution in [0.15, 0.2) is 27.6 Å². The zero-order chi connectivity index (χ0) is 7.56. The number of hydrogen-bond donors (Lipinski definition) is 0. The van der Waals surface area contributed by atoms with E-state index in [0.29, 0.717) is 0 Å².